The molecule has 0 spiro atoms. The van der Waals surface area contributed by atoms with Gasteiger partial charge in [-0.05, 0) is 38.3 Å². The minimum Gasteiger partial charge on any atom is -0.481 e. The van der Waals surface area contributed by atoms with E-state index in [-0.39, 0.29) is 18.4 Å². The van der Waals surface area contributed by atoms with Crippen LogP contribution < -0.4 is 5.32 Å². The maximum absolute atomic E-state index is 12.4. The fourth-order valence-electron chi connectivity index (χ4n) is 2.58. The number of amides is 1. The van der Waals surface area contributed by atoms with Crippen LogP contribution in [0.2, 0.25) is 0 Å². The number of rotatable bonds is 6. The van der Waals surface area contributed by atoms with Crippen LogP contribution in [0.1, 0.15) is 53.2 Å². The summed E-state index contributed by atoms with van der Waals surface area (Å²) in [5.74, 6) is -1.07. The Morgan fingerprint density at radius 2 is 1.75 bits per heavy atom. The first-order valence-electron chi connectivity index (χ1n) is 6.95. The van der Waals surface area contributed by atoms with Gasteiger partial charge in [-0.25, -0.2) is 0 Å². The molecule has 0 aromatic heterocycles. The summed E-state index contributed by atoms with van der Waals surface area (Å²) in [6.07, 6.45) is 1.47. The largest absolute Gasteiger partial charge is 0.481 e. The maximum atomic E-state index is 12.4. The number of carbonyl (C=O) groups is 2. The summed E-state index contributed by atoms with van der Waals surface area (Å²) in [5, 5.41) is 11.7. The summed E-state index contributed by atoms with van der Waals surface area (Å²) in [6, 6.07) is 3.62. The van der Waals surface area contributed by atoms with Gasteiger partial charge < -0.3 is 10.4 Å². The summed E-state index contributed by atoms with van der Waals surface area (Å²) in [5.41, 5.74) is 3.62. The van der Waals surface area contributed by atoms with Gasteiger partial charge in [0, 0.05) is 11.6 Å². The van der Waals surface area contributed by atoms with Crippen molar-refractivity contribution in [3.63, 3.8) is 0 Å². The monoisotopic (exact) mass is 277 g/mol. The van der Waals surface area contributed by atoms with E-state index >= 15 is 0 Å². The molecule has 1 aromatic rings. The van der Waals surface area contributed by atoms with Crippen molar-refractivity contribution in [3.8, 4) is 0 Å². The first-order chi connectivity index (χ1) is 9.35. The predicted molar refractivity (Wildman–Crippen MR) is 79.1 cm³/mol. The molecule has 0 aliphatic heterocycles. The second kappa shape index (κ2) is 7.08. The van der Waals surface area contributed by atoms with Crippen LogP contribution in [0, 0.1) is 20.8 Å². The molecule has 0 aliphatic rings. The molecule has 1 aromatic carbocycles. The van der Waals surface area contributed by atoms with Crippen molar-refractivity contribution in [1.29, 1.82) is 0 Å². The zero-order chi connectivity index (χ0) is 15.3. The van der Waals surface area contributed by atoms with Crippen molar-refractivity contribution in [2.24, 2.45) is 0 Å². The molecule has 110 valence electrons. The quantitative estimate of drug-likeness (QED) is 0.840. The lowest BCUT2D eigenvalue weighted by atomic mass is 9.98. The second-order valence-electron chi connectivity index (χ2n) is 5.33. The molecule has 0 saturated heterocycles. The smallest absolute Gasteiger partial charge is 0.305 e. The minimum absolute atomic E-state index is 0.0382. The SMILES string of the molecule is CCCC(CC(=O)O)NC(=O)c1c(C)cc(C)cc1C. The number of carboxylic acid groups (broad SMARTS) is 1. The lowest BCUT2D eigenvalue weighted by molar-refractivity contribution is -0.137. The van der Waals surface area contributed by atoms with Crippen molar-refractivity contribution >= 4 is 11.9 Å². The lowest BCUT2D eigenvalue weighted by Gasteiger charge is -2.18. The van der Waals surface area contributed by atoms with E-state index in [4.69, 9.17) is 5.11 Å². The molecule has 1 amide bonds. The highest BCUT2D eigenvalue weighted by molar-refractivity contribution is 5.97. The van der Waals surface area contributed by atoms with E-state index < -0.39 is 5.97 Å². The highest BCUT2D eigenvalue weighted by atomic mass is 16.4. The van der Waals surface area contributed by atoms with Gasteiger partial charge in [0.25, 0.3) is 5.91 Å². The predicted octanol–water partition coefficient (Wildman–Crippen LogP) is 2.99. The molecule has 0 radical (unpaired) electrons. The Kier molecular flexibility index (Phi) is 5.74. The zero-order valence-electron chi connectivity index (χ0n) is 12.6. The molecule has 4 nitrogen and oxygen atoms in total. The number of aryl methyl sites for hydroxylation is 3. The summed E-state index contributed by atoms with van der Waals surface area (Å²) >= 11 is 0. The van der Waals surface area contributed by atoms with Gasteiger partial charge in [-0.3, -0.25) is 9.59 Å². The molecule has 0 saturated carbocycles. The van der Waals surface area contributed by atoms with Crippen molar-refractivity contribution in [3.05, 3.63) is 34.4 Å². The topological polar surface area (TPSA) is 66.4 Å². The first-order valence-corrected chi connectivity index (χ1v) is 6.95. The normalized spacial score (nSPS) is 12.0. The van der Waals surface area contributed by atoms with Crippen LogP contribution in [-0.2, 0) is 4.79 Å². The molecular weight excluding hydrogens is 254 g/mol. The third-order valence-corrected chi connectivity index (χ3v) is 3.30. The van der Waals surface area contributed by atoms with E-state index in [1.54, 1.807) is 0 Å². The zero-order valence-corrected chi connectivity index (χ0v) is 12.6. The summed E-state index contributed by atoms with van der Waals surface area (Å²) in [7, 11) is 0. The Bertz CT molecular complexity index is 485. The molecule has 20 heavy (non-hydrogen) atoms. The van der Waals surface area contributed by atoms with Crippen molar-refractivity contribution in [2.45, 2.75) is 53.0 Å². The van der Waals surface area contributed by atoms with Crippen LogP contribution >= 0.6 is 0 Å². The van der Waals surface area contributed by atoms with E-state index in [1.165, 1.54) is 0 Å². The van der Waals surface area contributed by atoms with Gasteiger partial charge in [0.1, 0.15) is 0 Å². The Balaban J connectivity index is 2.91. The molecule has 1 unspecified atom stereocenters. The summed E-state index contributed by atoms with van der Waals surface area (Å²) < 4.78 is 0. The molecule has 1 rings (SSSR count). The number of hydrogen-bond donors (Lipinski definition) is 2. The number of carboxylic acids is 1. The number of benzene rings is 1. The van der Waals surface area contributed by atoms with Gasteiger partial charge in [0.05, 0.1) is 6.42 Å². The van der Waals surface area contributed by atoms with E-state index in [2.05, 4.69) is 5.32 Å². The lowest BCUT2D eigenvalue weighted by Crippen LogP contribution is -2.37. The minimum atomic E-state index is -0.888. The fraction of sp³-hybridized carbons (Fsp3) is 0.500. The average molecular weight is 277 g/mol. The molecule has 0 aliphatic carbocycles. The van der Waals surface area contributed by atoms with Gasteiger partial charge in [0.15, 0.2) is 0 Å². The third-order valence-electron chi connectivity index (χ3n) is 3.30. The van der Waals surface area contributed by atoms with E-state index in [0.29, 0.717) is 12.0 Å². The van der Waals surface area contributed by atoms with E-state index in [9.17, 15) is 9.59 Å². The van der Waals surface area contributed by atoms with Crippen LogP contribution in [0.15, 0.2) is 12.1 Å². The number of nitrogens with one attached hydrogen (secondary N) is 1. The highest BCUT2D eigenvalue weighted by Crippen LogP contribution is 2.17. The van der Waals surface area contributed by atoms with E-state index in [0.717, 1.165) is 23.1 Å². The standard InChI is InChI=1S/C16H23NO3/c1-5-6-13(9-14(18)19)17-16(20)15-11(3)7-10(2)8-12(15)4/h7-8,13H,5-6,9H2,1-4H3,(H,17,20)(H,18,19). The molecule has 2 N–H and O–H groups in total. The summed E-state index contributed by atoms with van der Waals surface area (Å²) in [4.78, 5) is 23.2. The molecule has 0 fully saturated rings. The molecule has 1 atom stereocenters. The summed E-state index contributed by atoms with van der Waals surface area (Å²) in [6.45, 7) is 7.78. The Morgan fingerprint density at radius 3 is 2.20 bits per heavy atom. The number of carbonyl (C=O) groups excluding carboxylic acids is 1. The second-order valence-corrected chi connectivity index (χ2v) is 5.33. The van der Waals surface area contributed by atoms with Gasteiger partial charge in [-0.2, -0.15) is 0 Å². The van der Waals surface area contributed by atoms with Crippen molar-refractivity contribution in [2.75, 3.05) is 0 Å². The number of aliphatic carboxylic acids is 1. The van der Waals surface area contributed by atoms with Gasteiger partial charge in [-0.1, -0.05) is 31.0 Å². The van der Waals surface area contributed by atoms with Crippen molar-refractivity contribution in [1.82, 2.24) is 5.32 Å². The first kappa shape index (κ1) is 16.2. The van der Waals surface area contributed by atoms with Gasteiger partial charge >= 0.3 is 5.97 Å². The van der Waals surface area contributed by atoms with E-state index in [1.807, 2.05) is 39.8 Å². The average Bonchev–Trinajstić information content (AvgIpc) is 2.26. The third kappa shape index (κ3) is 4.37. The van der Waals surface area contributed by atoms with Crippen LogP contribution in [0.4, 0.5) is 0 Å². The molecule has 4 heteroatoms. The molecule has 0 bridgehead atoms. The Hall–Kier alpha value is -1.84. The van der Waals surface area contributed by atoms with Crippen molar-refractivity contribution < 1.29 is 14.7 Å². The Morgan fingerprint density at radius 1 is 1.20 bits per heavy atom. The fourth-order valence-corrected chi connectivity index (χ4v) is 2.58. The molecular formula is C16H23NO3. The Labute approximate surface area is 120 Å². The van der Waals surface area contributed by atoms with Gasteiger partial charge in [0.2, 0.25) is 0 Å². The maximum Gasteiger partial charge on any atom is 0.305 e. The van der Waals surface area contributed by atoms with Crippen LogP contribution in [0.3, 0.4) is 0 Å². The van der Waals surface area contributed by atoms with Crippen LogP contribution in [0.5, 0.6) is 0 Å². The molecule has 0 heterocycles. The van der Waals surface area contributed by atoms with Crippen LogP contribution in [0.25, 0.3) is 0 Å². The van der Waals surface area contributed by atoms with Crippen LogP contribution in [-0.4, -0.2) is 23.0 Å². The van der Waals surface area contributed by atoms with Gasteiger partial charge in [-0.15, -0.1) is 0 Å². The number of hydrogen-bond acceptors (Lipinski definition) is 2. The highest BCUT2D eigenvalue weighted by Gasteiger charge is 2.18.